The molecule has 0 fully saturated rings. The fraction of sp³-hybridized carbons (Fsp3) is 0. The summed E-state index contributed by atoms with van der Waals surface area (Å²) in [7, 11) is 0. The first-order valence-electron chi connectivity index (χ1n) is 7.83. The maximum atomic E-state index is 10.5. The summed E-state index contributed by atoms with van der Waals surface area (Å²) in [5, 5.41) is 21.6. The number of phenolic OH excluding ortho intramolecular Hbond substituents is 2. The first-order chi connectivity index (χ1) is 12.7. The number of carbonyl (C=O) groups is 2. The molecule has 0 unspecified atom stereocenters. The molecule has 0 amide bonds. The zero-order chi connectivity index (χ0) is 18.5. The van der Waals surface area contributed by atoms with Crippen molar-refractivity contribution in [2.75, 3.05) is 0 Å². The second kappa shape index (κ2) is 7.44. The molecule has 26 heavy (non-hydrogen) atoms. The van der Waals surface area contributed by atoms with Crippen LogP contribution in [0.4, 0.5) is 0 Å². The predicted molar refractivity (Wildman–Crippen MR) is 99.8 cm³/mol. The number of hydrogen-bond acceptors (Lipinski definition) is 5. The number of hydrogen-bond donors (Lipinski definition) is 2. The number of rotatable bonds is 2. The van der Waals surface area contributed by atoms with E-state index in [1.54, 1.807) is 36.5 Å². The molecule has 4 aromatic rings. The van der Waals surface area contributed by atoms with Crippen LogP contribution in [0.15, 0.2) is 66.9 Å². The van der Waals surface area contributed by atoms with Crippen LogP contribution in [0.5, 0.6) is 11.5 Å². The van der Waals surface area contributed by atoms with Crippen LogP contribution in [-0.2, 0) is 0 Å². The Morgan fingerprint density at radius 3 is 2.04 bits per heavy atom. The number of aldehydes is 2. The fourth-order valence-corrected chi connectivity index (χ4v) is 2.61. The monoisotopic (exact) mass is 345 g/mol. The molecule has 4 rings (SSSR count). The quantitative estimate of drug-likeness (QED) is 0.534. The molecule has 0 bridgehead atoms. The van der Waals surface area contributed by atoms with Crippen molar-refractivity contribution in [3.63, 3.8) is 0 Å². The molecule has 0 aliphatic carbocycles. The van der Waals surface area contributed by atoms with Gasteiger partial charge in [0.1, 0.15) is 11.3 Å². The van der Waals surface area contributed by atoms with Crippen molar-refractivity contribution in [1.82, 2.24) is 4.98 Å². The van der Waals surface area contributed by atoms with Crippen molar-refractivity contribution in [3.8, 4) is 11.5 Å². The van der Waals surface area contributed by atoms with E-state index in [1.165, 1.54) is 0 Å². The van der Waals surface area contributed by atoms with Crippen LogP contribution >= 0.6 is 0 Å². The lowest BCUT2D eigenvalue weighted by atomic mass is 10.1. The van der Waals surface area contributed by atoms with Crippen LogP contribution in [0, 0.1) is 0 Å². The Balaban J connectivity index is 0.000000151. The van der Waals surface area contributed by atoms with Crippen molar-refractivity contribution >= 4 is 34.2 Å². The number of carbonyl (C=O) groups excluding carboxylic acids is 2. The number of aromatic hydroxyl groups is 2. The van der Waals surface area contributed by atoms with Crippen LogP contribution in [-0.4, -0.2) is 27.8 Å². The molecular formula is C21H15NO4. The molecule has 2 N–H and O–H groups in total. The van der Waals surface area contributed by atoms with E-state index in [4.69, 9.17) is 0 Å². The summed E-state index contributed by atoms with van der Waals surface area (Å²) in [5.41, 5.74) is 1.07. The van der Waals surface area contributed by atoms with E-state index in [0.717, 1.165) is 10.8 Å². The Kier molecular flexibility index (Phi) is 4.90. The summed E-state index contributed by atoms with van der Waals surface area (Å²) < 4.78 is 0. The number of nitrogens with zero attached hydrogens (tertiary/aromatic N) is 1. The largest absolute Gasteiger partial charge is 0.507 e. The van der Waals surface area contributed by atoms with E-state index < -0.39 is 0 Å². The van der Waals surface area contributed by atoms with E-state index in [0.29, 0.717) is 29.0 Å². The van der Waals surface area contributed by atoms with Gasteiger partial charge in [-0.2, -0.15) is 0 Å². The number of pyridine rings is 1. The lowest BCUT2D eigenvalue weighted by molar-refractivity contribution is 0.111. The highest BCUT2D eigenvalue weighted by atomic mass is 16.3. The van der Waals surface area contributed by atoms with Gasteiger partial charge in [0.25, 0.3) is 0 Å². The summed E-state index contributed by atoms with van der Waals surface area (Å²) in [5.74, 6) is 0.0150. The Morgan fingerprint density at radius 2 is 1.31 bits per heavy atom. The minimum Gasteiger partial charge on any atom is -0.507 e. The third-order valence-corrected chi connectivity index (χ3v) is 3.96. The van der Waals surface area contributed by atoms with Crippen molar-refractivity contribution in [1.29, 1.82) is 0 Å². The Morgan fingerprint density at radius 1 is 0.692 bits per heavy atom. The van der Waals surface area contributed by atoms with Crippen molar-refractivity contribution in [3.05, 3.63) is 78.0 Å². The number of aromatic nitrogens is 1. The first kappa shape index (κ1) is 17.1. The first-order valence-corrected chi connectivity index (χ1v) is 7.83. The Labute approximate surface area is 149 Å². The Hall–Kier alpha value is -3.73. The molecule has 128 valence electrons. The second-order valence-corrected chi connectivity index (χ2v) is 5.54. The predicted octanol–water partition coefficient (Wildman–Crippen LogP) is 4.11. The van der Waals surface area contributed by atoms with Crippen LogP contribution in [0.25, 0.3) is 21.7 Å². The van der Waals surface area contributed by atoms with Crippen molar-refractivity contribution in [2.45, 2.75) is 0 Å². The molecule has 0 saturated heterocycles. The number of fused-ring (bicyclic) bond motifs is 2. The summed E-state index contributed by atoms with van der Waals surface area (Å²) in [6, 6.07) is 17.8. The third kappa shape index (κ3) is 3.23. The van der Waals surface area contributed by atoms with Gasteiger partial charge in [0.05, 0.1) is 11.1 Å². The van der Waals surface area contributed by atoms with Crippen LogP contribution < -0.4 is 0 Å². The normalized spacial score (nSPS) is 10.2. The highest BCUT2D eigenvalue weighted by Crippen LogP contribution is 2.27. The molecule has 0 aliphatic heterocycles. The molecule has 0 radical (unpaired) electrons. The molecule has 1 heterocycles. The minimum absolute atomic E-state index is 0.0481. The highest BCUT2D eigenvalue weighted by Gasteiger charge is 2.05. The van der Waals surface area contributed by atoms with E-state index in [-0.39, 0.29) is 17.1 Å². The Bertz CT molecular complexity index is 1020. The fourth-order valence-electron chi connectivity index (χ4n) is 2.61. The van der Waals surface area contributed by atoms with Crippen molar-refractivity contribution < 1.29 is 19.8 Å². The number of phenols is 2. The molecule has 5 heteroatoms. The van der Waals surface area contributed by atoms with Crippen molar-refractivity contribution in [2.24, 2.45) is 0 Å². The summed E-state index contributed by atoms with van der Waals surface area (Å²) in [6.07, 6.45) is 2.85. The molecule has 0 aliphatic rings. The maximum Gasteiger partial charge on any atom is 0.153 e. The minimum atomic E-state index is -0.0481. The van der Waals surface area contributed by atoms with Gasteiger partial charge in [-0.3, -0.25) is 14.6 Å². The summed E-state index contributed by atoms with van der Waals surface area (Å²) in [6.45, 7) is 0. The SMILES string of the molecule is O=Cc1ccc2ccccc2c1O.O=Cc1ccc2cccnc2c1O. The topological polar surface area (TPSA) is 87.5 Å². The third-order valence-electron chi connectivity index (χ3n) is 3.96. The zero-order valence-electron chi connectivity index (χ0n) is 13.7. The van der Waals surface area contributed by atoms with Gasteiger partial charge in [-0.25, -0.2) is 0 Å². The highest BCUT2D eigenvalue weighted by molar-refractivity contribution is 5.95. The summed E-state index contributed by atoms with van der Waals surface area (Å²) in [4.78, 5) is 25.0. The van der Waals surface area contributed by atoms with Crippen LogP contribution in [0.1, 0.15) is 20.7 Å². The second-order valence-electron chi connectivity index (χ2n) is 5.54. The van der Waals surface area contributed by atoms with Gasteiger partial charge in [-0.05, 0) is 23.6 Å². The van der Waals surface area contributed by atoms with Gasteiger partial charge < -0.3 is 10.2 Å². The molecule has 0 saturated carbocycles. The van der Waals surface area contributed by atoms with E-state index in [2.05, 4.69) is 4.98 Å². The van der Waals surface area contributed by atoms with Gasteiger partial charge >= 0.3 is 0 Å². The van der Waals surface area contributed by atoms with Gasteiger partial charge in [-0.15, -0.1) is 0 Å². The van der Waals surface area contributed by atoms with Gasteiger partial charge in [0.2, 0.25) is 0 Å². The van der Waals surface area contributed by atoms with Gasteiger partial charge in [0.15, 0.2) is 18.3 Å². The molecule has 1 aromatic heterocycles. The van der Waals surface area contributed by atoms with Crippen LogP contribution in [0.3, 0.4) is 0 Å². The smallest absolute Gasteiger partial charge is 0.153 e. The van der Waals surface area contributed by atoms with Gasteiger partial charge in [0, 0.05) is 17.0 Å². The average Bonchev–Trinajstić information content (AvgIpc) is 2.70. The average molecular weight is 345 g/mol. The molecule has 0 atom stereocenters. The zero-order valence-corrected chi connectivity index (χ0v) is 13.7. The lowest BCUT2D eigenvalue weighted by Gasteiger charge is -2.01. The standard InChI is InChI=1S/C11H8O2.C10H7NO2/c12-7-9-6-5-8-3-1-2-4-10(8)11(9)13;12-6-8-4-3-7-2-1-5-11-9(7)10(8)13/h1-7,13H;1-6,13H. The molecule has 5 nitrogen and oxygen atoms in total. The van der Waals surface area contributed by atoms with Crippen LogP contribution in [0.2, 0.25) is 0 Å². The van der Waals surface area contributed by atoms with E-state index in [1.807, 2.05) is 30.3 Å². The van der Waals surface area contributed by atoms with E-state index >= 15 is 0 Å². The molecular weight excluding hydrogens is 330 g/mol. The van der Waals surface area contributed by atoms with E-state index in [9.17, 15) is 19.8 Å². The summed E-state index contributed by atoms with van der Waals surface area (Å²) >= 11 is 0. The molecule has 3 aromatic carbocycles. The maximum absolute atomic E-state index is 10.5. The number of benzene rings is 3. The lowest BCUT2D eigenvalue weighted by Crippen LogP contribution is -1.84. The van der Waals surface area contributed by atoms with Gasteiger partial charge in [-0.1, -0.05) is 42.5 Å². The molecule has 0 spiro atoms.